The van der Waals surface area contributed by atoms with E-state index >= 15 is 0 Å². The standard InChI is InChI=1S/C30H35ClN2O5/c1-5-21(2)32-30(35)28(15-22-9-7-6-8-10-22)33(19-23-11-13-24(31)14-12-23)29(34)20-38-27-17-25(36-3)16-26(18-27)37-4/h6-14,16-18,21,28H,5,15,19-20H2,1-4H3,(H,32,35)/t21-,28-/m1/s1. The Balaban J connectivity index is 1.92. The maximum absolute atomic E-state index is 13.7. The molecule has 3 rings (SSSR count). The van der Waals surface area contributed by atoms with Crippen LogP contribution in [0.2, 0.25) is 5.02 Å². The van der Waals surface area contributed by atoms with E-state index in [2.05, 4.69) is 5.32 Å². The normalized spacial score (nSPS) is 12.2. The Morgan fingerprint density at radius 3 is 2.08 bits per heavy atom. The maximum Gasteiger partial charge on any atom is 0.261 e. The van der Waals surface area contributed by atoms with Crippen LogP contribution < -0.4 is 19.5 Å². The summed E-state index contributed by atoms with van der Waals surface area (Å²) >= 11 is 6.09. The fraction of sp³-hybridized carbons (Fsp3) is 0.333. The van der Waals surface area contributed by atoms with Crippen LogP contribution in [-0.4, -0.2) is 49.6 Å². The number of rotatable bonds is 13. The summed E-state index contributed by atoms with van der Waals surface area (Å²) in [5, 5.41) is 3.65. The number of carbonyl (C=O) groups excluding carboxylic acids is 2. The summed E-state index contributed by atoms with van der Waals surface area (Å²) in [4.78, 5) is 28.8. The highest BCUT2D eigenvalue weighted by Gasteiger charge is 2.31. The number of hydrogen-bond donors (Lipinski definition) is 1. The Bertz CT molecular complexity index is 1160. The number of nitrogens with one attached hydrogen (secondary N) is 1. The lowest BCUT2D eigenvalue weighted by Crippen LogP contribution is -2.53. The number of benzene rings is 3. The van der Waals surface area contributed by atoms with Gasteiger partial charge in [-0.2, -0.15) is 0 Å². The molecule has 0 radical (unpaired) electrons. The van der Waals surface area contributed by atoms with Gasteiger partial charge in [0.1, 0.15) is 23.3 Å². The second kappa shape index (κ2) is 14.3. The van der Waals surface area contributed by atoms with Crippen LogP contribution in [0.3, 0.4) is 0 Å². The second-order valence-electron chi connectivity index (χ2n) is 9.01. The first kappa shape index (κ1) is 28.9. The fourth-order valence-corrected chi connectivity index (χ4v) is 4.00. The zero-order valence-corrected chi connectivity index (χ0v) is 23.0. The van der Waals surface area contributed by atoms with Crippen LogP contribution in [0.5, 0.6) is 17.2 Å². The molecule has 1 N–H and O–H groups in total. The number of ether oxygens (including phenoxy) is 3. The van der Waals surface area contributed by atoms with E-state index in [1.807, 2.05) is 56.3 Å². The van der Waals surface area contributed by atoms with Gasteiger partial charge in [0.15, 0.2) is 6.61 Å². The molecule has 0 fully saturated rings. The molecule has 3 aromatic rings. The number of hydrogen-bond acceptors (Lipinski definition) is 5. The first-order valence-corrected chi connectivity index (χ1v) is 12.9. The molecule has 0 aliphatic heterocycles. The van der Waals surface area contributed by atoms with Crippen molar-refractivity contribution in [3.8, 4) is 17.2 Å². The summed E-state index contributed by atoms with van der Waals surface area (Å²) in [6.07, 6.45) is 1.13. The van der Waals surface area contributed by atoms with Crippen molar-refractivity contribution in [1.29, 1.82) is 0 Å². The van der Waals surface area contributed by atoms with Crippen molar-refractivity contribution in [2.45, 2.75) is 45.3 Å². The first-order chi connectivity index (χ1) is 18.3. The van der Waals surface area contributed by atoms with Gasteiger partial charge in [-0.3, -0.25) is 9.59 Å². The molecular formula is C30H35ClN2O5. The minimum absolute atomic E-state index is 0.0336. The Labute approximate surface area is 229 Å². The molecular weight excluding hydrogens is 504 g/mol. The largest absolute Gasteiger partial charge is 0.496 e. The van der Waals surface area contributed by atoms with Crippen molar-refractivity contribution in [2.75, 3.05) is 20.8 Å². The molecule has 0 aliphatic carbocycles. The van der Waals surface area contributed by atoms with Crippen molar-refractivity contribution >= 4 is 23.4 Å². The minimum Gasteiger partial charge on any atom is -0.496 e. The molecule has 7 nitrogen and oxygen atoms in total. The summed E-state index contributed by atoms with van der Waals surface area (Å²) in [5.41, 5.74) is 1.80. The van der Waals surface area contributed by atoms with Gasteiger partial charge in [-0.25, -0.2) is 0 Å². The molecule has 0 bridgehead atoms. The van der Waals surface area contributed by atoms with Gasteiger partial charge >= 0.3 is 0 Å². The third kappa shape index (κ3) is 8.42. The van der Waals surface area contributed by atoms with Crippen molar-refractivity contribution in [2.24, 2.45) is 0 Å². The average molecular weight is 539 g/mol. The van der Waals surface area contributed by atoms with E-state index in [0.29, 0.717) is 28.7 Å². The van der Waals surface area contributed by atoms with Gasteiger partial charge in [-0.05, 0) is 36.6 Å². The van der Waals surface area contributed by atoms with E-state index in [1.165, 1.54) is 0 Å². The number of methoxy groups -OCH3 is 2. The topological polar surface area (TPSA) is 77.1 Å². The summed E-state index contributed by atoms with van der Waals surface area (Å²) in [7, 11) is 3.09. The molecule has 8 heteroatoms. The van der Waals surface area contributed by atoms with Gasteiger partial charge < -0.3 is 24.4 Å². The zero-order chi connectivity index (χ0) is 27.5. The lowest BCUT2D eigenvalue weighted by Gasteiger charge is -2.32. The molecule has 2 atom stereocenters. The molecule has 0 unspecified atom stereocenters. The average Bonchev–Trinajstić information content (AvgIpc) is 2.94. The highest BCUT2D eigenvalue weighted by molar-refractivity contribution is 6.30. The van der Waals surface area contributed by atoms with E-state index in [9.17, 15) is 9.59 Å². The number of amides is 2. The predicted octanol–water partition coefficient (Wildman–Crippen LogP) is 5.29. The molecule has 2 amide bonds. The molecule has 0 aliphatic rings. The summed E-state index contributed by atoms with van der Waals surface area (Å²) in [5.74, 6) is 0.958. The minimum atomic E-state index is -0.752. The van der Waals surface area contributed by atoms with Crippen LogP contribution in [0.4, 0.5) is 0 Å². The van der Waals surface area contributed by atoms with Crippen LogP contribution in [0, 0.1) is 0 Å². The van der Waals surface area contributed by atoms with Gasteiger partial charge in [0.05, 0.1) is 14.2 Å². The van der Waals surface area contributed by atoms with E-state index in [4.69, 9.17) is 25.8 Å². The second-order valence-corrected chi connectivity index (χ2v) is 9.44. The van der Waals surface area contributed by atoms with Crippen LogP contribution in [0.25, 0.3) is 0 Å². The Kier molecular flexibility index (Phi) is 10.8. The van der Waals surface area contributed by atoms with Gasteiger partial charge in [0, 0.05) is 42.2 Å². The third-order valence-electron chi connectivity index (χ3n) is 6.23. The predicted molar refractivity (Wildman–Crippen MR) is 149 cm³/mol. The quantitative estimate of drug-likeness (QED) is 0.320. The van der Waals surface area contributed by atoms with Crippen molar-refractivity contribution in [3.05, 3.63) is 88.9 Å². The van der Waals surface area contributed by atoms with E-state index in [0.717, 1.165) is 17.5 Å². The fourth-order valence-electron chi connectivity index (χ4n) is 3.87. The molecule has 202 valence electrons. The smallest absolute Gasteiger partial charge is 0.261 e. The van der Waals surface area contributed by atoms with E-state index < -0.39 is 6.04 Å². The lowest BCUT2D eigenvalue weighted by atomic mass is 10.0. The molecule has 0 saturated carbocycles. The Morgan fingerprint density at radius 1 is 0.895 bits per heavy atom. The summed E-state index contributed by atoms with van der Waals surface area (Å²) in [6, 6.07) is 21.2. The highest BCUT2D eigenvalue weighted by Crippen LogP contribution is 2.27. The van der Waals surface area contributed by atoms with Gasteiger partial charge in [-0.15, -0.1) is 0 Å². The maximum atomic E-state index is 13.7. The van der Waals surface area contributed by atoms with Crippen molar-refractivity contribution in [1.82, 2.24) is 10.2 Å². The third-order valence-corrected chi connectivity index (χ3v) is 6.48. The van der Waals surface area contributed by atoms with Gasteiger partial charge in [0.25, 0.3) is 5.91 Å². The molecule has 38 heavy (non-hydrogen) atoms. The molecule has 0 heterocycles. The van der Waals surface area contributed by atoms with Crippen LogP contribution >= 0.6 is 11.6 Å². The summed E-state index contributed by atoms with van der Waals surface area (Å²) in [6.45, 7) is 3.89. The summed E-state index contributed by atoms with van der Waals surface area (Å²) < 4.78 is 16.5. The molecule has 3 aromatic carbocycles. The first-order valence-electron chi connectivity index (χ1n) is 12.6. The van der Waals surface area contributed by atoms with Gasteiger partial charge in [0.2, 0.25) is 5.91 Å². The molecule has 0 spiro atoms. The van der Waals surface area contributed by atoms with E-state index in [1.54, 1.807) is 49.5 Å². The van der Waals surface area contributed by atoms with Crippen LogP contribution in [0.15, 0.2) is 72.8 Å². The van der Waals surface area contributed by atoms with Crippen LogP contribution in [-0.2, 0) is 22.6 Å². The lowest BCUT2D eigenvalue weighted by molar-refractivity contribution is -0.143. The number of nitrogens with zero attached hydrogens (tertiary/aromatic N) is 1. The zero-order valence-electron chi connectivity index (χ0n) is 22.3. The Morgan fingerprint density at radius 2 is 1.50 bits per heavy atom. The molecule has 0 aromatic heterocycles. The van der Waals surface area contributed by atoms with Crippen LogP contribution in [0.1, 0.15) is 31.4 Å². The monoisotopic (exact) mass is 538 g/mol. The number of carbonyl (C=O) groups is 2. The van der Waals surface area contributed by atoms with E-state index in [-0.39, 0.29) is 31.0 Å². The van der Waals surface area contributed by atoms with Gasteiger partial charge in [-0.1, -0.05) is 61.0 Å². The highest BCUT2D eigenvalue weighted by atomic mass is 35.5. The van der Waals surface area contributed by atoms with Crippen molar-refractivity contribution in [3.63, 3.8) is 0 Å². The molecule has 0 saturated heterocycles. The van der Waals surface area contributed by atoms with Crippen molar-refractivity contribution < 1.29 is 23.8 Å². The number of halogens is 1. The Hall–Kier alpha value is -3.71. The SMILES string of the molecule is CC[C@@H](C)NC(=O)[C@@H](Cc1ccccc1)N(Cc1ccc(Cl)cc1)C(=O)COc1cc(OC)cc(OC)c1.